The minimum atomic E-state index is -1.10. The lowest BCUT2D eigenvalue weighted by Crippen LogP contribution is -2.44. The normalized spacial score (nSPS) is 12.6. The molecular weight excluding hydrogens is 473 g/mol. The Labute approximate surface area is 205 Å². The predicted octanol–water partition coefficient (Wildman–Crippen LogP) is 6.03. The van der Waals surface area contributed by atoms with E-state index in [0.717, 1.165) is 34.4 Å². The first-order valence-corrected chi connectivity index (χ1v) is 11.2. The van der Waals surface area contributed by atoms with Gasteiger partial charge in [-0.2, -0.15) is 0 Å². The fourth-order valence-electron chi connectivity index (χ4n) is 4.10. The molecule has 4 rings (SSSR count). The van der Waals surface area contributed by atoms with Crippen LogP contribution in [-0.2, 0) is 9.53 Å². The van der Waals surface area contributed by atoms with E-state index < -0.39 is 23.9 Å². The molecule has 0 aliphatic heterocycles. The van der Waals surface area contributed by atoms with Gasteiger partial charge < -0.3 is 15.4 Å². The number of nitrogens with zero attached hydrogens (tertiary/aromatic N) is 3. The second-order valence-corrected chi connectivity index (χ2v) is 8.29. The molecule has 35 heavy (non-hydrogen) atoms. The molecule has 0 aromatic heterocycles. The maximum atomic E-state index is 13.6. The van der Waals surface area contributed by atoms with E-state index in [1.165, 1.54) is 6.07 Å². The van der Waals surface area contributed by atoms with Gasteiger partial charge in [-0.1, -0.05) is 65.2 Å². The third-order valence-corrected chi connectivity index (χ3v) is 6.05. The number of alkyl carbamates (subject to hydrolysis) is 1. The van der Waals surface area contributed by atoms with Crippen molar-refractivity contribution in [2.45, 2.75) is 18.4 Å². The molecule has 0 heterocycles. The summed E-state index contributed by atoms with van der Waals surface area (Å²) in [6.07, 6.45) is -0.800. The predicted molar refractivity (Wildman–Crippen MR) is 131 cm³/mol. The molecule has 1 aliphatic rings. The van der Waals surface area contributed by atoms with Crippen LogP contribution in [0.25, 0.3) is 21.6 Å². The molecule has 2 N–H and O–H groups in total. The van der Waals surface area contributed by atoms with Crippen molar-refractivity contribution < 1.29 is 18.7 Å². The molecule has 0 radical (unpaired) electrons. The molecule has 0 spiro atoms. The highest BCUT2D eigenvalue weighted by molar-refractivity contribution is 6.33. The highest BCUT2D eigenvalue weighted by Gasteiger charge is 2.30. The van der Waals surface area contributed by atoms with Crippen LogP contribution in [0.5, 0.6) is 0 Å². The number of nitrogens with one attached hydrogen (secondary N) is 2. The highest BCUT2D eigenvalue weighted by atomic mass is 35.5. The van der Waals surface area contributed by atoms with Gasteiger partial charge in [0.25, 0.3) is 0 Å². The fraction of sp³-hybridized carbons (Fsp3) is 0.200. The van der Waals surface area contributed by atoms with E-state index in [1.54, 1.807) is 0 Å². The monoisotopic (exact) mass is 493 g/mol. The van der Waals surface area contributed by atoms with Crippen LogP contribution < -0.4 is 10.6 Å². The summed E-state index contributed by atoms with van der Waals surface area (Å²) in [5, 5.41) is 8.55. The smallest absolute Gasteiger partial charge is 0.407 e. The van der Waals surface area contributed by atoms with Crippen molar-refractivity contribution in [3.8, 4) is 11.1 Å². The molecule has 0 unspecified atom stereocenters. The number of halogens is 2. The Morgan fingerprint density at radius 3 is 2.40 bits per heavy atom. The molecule has 3 aromatic carbocycles. The Morgan fingerprint density at radius 2 is 1.74 bits per heavy atom. The summed E-state index contributed by atoms with van der Waals surface area (Å²) in [6.45, 7) is 0.0232. The average Bonchev–Trinajstić information content (AvgIpc) is 3.18. The Morgan fingerprint density at radius 1 is 1.09 bits per heavy atom. The van der Waals surface area contributed by atoms with Crippen molar-refractivity contribution in [2.24, 2.45) is 5.11 Å². The second kappa shape index (κ2) is 10.9. The largest absolute Gasteiger partial charge is 0.449 e. The van der Waals surface area contributed by atoms with Gasteiger partial charge in [0.05, 0.1) is 10.7 Å². The summed E-state index contributed by atoms with van der Waals surface area (Å²) in [4.78, 5) is 28.1. The highest BCUT2D eigenvalue weighted by Crippen LogP contribution is 2.44. The van der Waals surface area contributed by atoms with E-state index in [-0.39, 0.29) is 36.2 Å². The van der Waals surface area contributed by atoms with Crippen LogP contribution in [0.3, 0.4) is 0 Å². The van der Waals surface area contributed by atoms with Gasteiger partial charge >= 0.3 is 6.09 Å². The summed E-state index contributed by atoms with van der Waals surface area (Å²) in [5.74, 6) is -1.38. The Kier molecular flexibility index (Phi) is 7.50. The minimum Gasteiger partial charge on any atom is -0.449 e. The first kappa shape index (κ1) is 24.1. The summed E-state index contributed by atoms with van der Waals surface area (Å²) in [6, 6.07) is 18.3. The van der Waals surface area contributed by atoms with Crippen LogP contribution in [-0.4, -0.2) is 31.2 Å². The molecule has 0 saturated heterocycles. The van der Waals surface area contributed by atoms with E-state index in [0.29, 0.717) is 0 Å². The van der Waals surface area contributed by atoms with Crippen LogP contribution in [0.4, 0.5) is 14.9 Å². The third-order valence-electron chi connectivity index (χ3n) is 5.72. The van der Waals surface area contributed by atoms with Crippen LogP contribution in [0, 0.1) is 5.82 Å². The lowest BCUT2D eigenvalue weighted by Gasteiger charge is -2.19. The number of ether oxygens (including phenoxy) is 1. The Hall–Kier alpha value is -4.07. The SMILES string of the molecule is [N-]=[N+]=NCC[C@H](NC(=O)OCC1c2ccccc2-c2ccccc21)C(=O)Nc1cc(F)ccc1Cl. The molecule has 0 bridgehead atoms. The van der Waals surface area contributed by atoms with Crippen molar-refractivity contribution in [3.63, 3.8) is 0 Å². The van der Waals surface area contributed by atoms with Gasteiger partial charge in [-0.3, -0.25) is 4.79 Å². The zero-order valence-corrected chi connectivity index (χ0v) is 19.2. The first-order chi connectivity index (χ1) is 17.0. The molecule has 0 saturated carbocycles. The molecule has 1 aliphatic carbocycles. The van der Waals surface area contributed by atoms with Gasteiger partial charge in [0.15, 0.2) is 0 Å². The number of anilines is 1. The molecule has 3 aromatic rings. The first-order valence-electron chi connectivity index (χ1n) is 10.9. The number of amides is 2. The molecule has 0 fully saturated rings. The van der Waals surface area contributed by atoms with Crippen LogP contribution in [0.2, 0.25) is 5.02 Å². The van der Waals surface area contributed by atoms with Crippen LogP contribution in [0.1, 0.15) is 23.5 Å². The van der Waals surface area contributed by atoms with Crippen molar-refractivity contribution in [3.05, 3.63) is 99.1 Å². The van der Waals surface area contributed by atoms with Crippen molar-refractivity contribution >= 4 is 29.3 Å². The number of benzene rings is 3. The van der Waals surface area contributed by atoms with Gasteiger partial charge in [-0.05, 0) is 52.4 Å². The quantitative estimate of drug-likeness (QED) is 0.227. The molecule has 178 valence electrons. The number of rotatable bonds is 8. The Balaban J connectivity index is 1.44. The topological polar surface area (TPSA) is 116 Å². The Bertz CT molecular complexity index is 1270. The van der Waals surface area contributed by atoms with Crippen LogP contribution >= 0.6 is 11.6 Å². The lowest BCUT2D eigenvalue weighted by molar-refractivity contribution is -0.118. The zero-order valence-electron chi connectivity index (χ0n) is 18.4. The number of hydrogen-bond donors (Lipinski definition) is 2. The van der Waals surface area contributed by atoms with E-state index in [4.69, 9.17) is 21.9 Å². The number of azide groups is 1. The number of fused-ring (bicyclic) bond motifs is 3. The van der Waals surface area contributed by atoms with Gasteiger partial charge in [-0.25, -0.2) is 9.18 Å². The lowest BCUT2D eigenvalue weighted by atomic mass is 9.98. The minimum absolute atomic E-state index is 0.00697. The van der Waals surface area contributed by atoms with Crippen molar-refractivity contribution in [1.29, 1.82) is 0 Å². The maximum Gasteiger partial charge on any atom is 0.407 e. The zero-order chi connectivity index (χ0) is 24.8. The van der Waals surface area contributed by atoms with Gasteiger partial charge in [0, 0.05) is 17.4 Å². The summed E-state index contributed by atoms with van der Waals surface area (Å²) in [7, 11) is 0. The number of hydrogen-bond acceptors (Lipinski definition) is 4. The third kappa shape index (κ3) is 5.54. The summed E-state index contributed by atoms with van der Waals surface area (Å²) in [5.41, 5.74) is 12.9. The number of carbonyl (C=O) groups is 2. The molecule has 8 nitrogen and oxygen atoms in total. The van der Waals surface area contributed by atoms with Crippen LogP contribution in [0.15, 0.2) is 71.8 Å². The molecule has 10 heteroatoms. The summed E-state index contributed by atoms with van der Waals surface area (Å²) < 4.78 is 19.1. The summed E-state index contributed by atoms with van der Waals surface area (Å²) >= 11 is 6.02. The standard InChI is InChI=1S/C25H21ClFN5O3/c26-21-10-9-15(27)13-23(21)30-24(33)22(11-12-29-32-28)31-25(34)35-14-20-18-7-3-1-5-16(18)17-6-2-4-8-19(17)20/h1-10,13,20,22H,11-12,14H2,(H,30,33)(H,31,34)/t22-/m0/s1. The molecule has 1 atom stereocenters. The van der Waals surface area contributed by atoms with Crippen molar-refractivity contribution in [1.82, 2.24) is 5.32 Å². The maximum absolute atomic E-state index is 13.6. The van der Waals surface area contributed by atoms with E-state index in [2.05, 4.69) is 20.7 Å². The van der Waals surface area contributed by atoms with E-state index in [1.807, 2.05) is 48.5 Å². The average molecular weight is 494 g/mol. The number of carbonyl (C=O) groups excluding carboxylic acids is 2. The van der Waals surface area contributed by atoms with Gasteiger partial charge in [0.2, 0.25) is 5.91 Å². The second-order valence-electron chi connectivity index (χ2n) is 7.88. The molecular formula is C25H21ClFN5O3. The van der Waals surface area contributed by atoms with Gasteiger partial charge in [-0.15, -0.1) is 0 Å². The van der Waals surface area contributed by atoms with E-state index in [9.17, 15) is 14.0 Å². The van der Waals surface area contributed by atoms with Gasteiger partial charge in [0.1, 0.15) is 18.5 Å². The van der Waals surface area contributed by atoms with Crippen molar-refractivity contribution in [2.75, 3.05) is 18.5 Å². The fourth-order valence-corrected chi connectivity index (χ4v) is 4.26. The molecule has 2 amide bonds. The van der Waals surface area contributed by atoms with E-state index >= 15 is 0 Å².